The summed E-state index contributed by atoms with van der Waals surface area (Å²) in [6.45, 7) is 0. The molecule has 10 heteroatoms. The van der Waals surface area contributed by atoms with Gasteiger partial charge in [0.1, 0.15) is 0 Å². The zero-order chi connectivity index (χ0) is 12.8. The molecule has 5 nitrogen and oxygen atoms in total. The second-order valence-electron chi connectivity index (χ2n) is 3.04. The van der Waals surface area contributed by atoms with Crippen molar-refractivity contribution in [1.29, 1.82) is 0 Å². The first kappa shape index (κ1) is 13.5. The molecule has 0 aliphatic rings. The summed E-state index contributed by atoms with van der Waals surface area (Å²) in [7, 11) is 2.90. The van der Waals surface area contributed by atoms with Gasteiger partial charge in [0, 0.05) is 22.2 Å². The fourth-order valence-corrected chi connectivity index (χ4v) is 4.21. The fraction of sp³-hybridized carbons (Fsp3) is 0.143. The van der Waals surface area contributed by atoms with Gasteiger partial charge in [-0.3, -0.25) is 4.57 Å². The monoisotopic (exact) mass is 419 g/mol. The van der Waals surface area contributed by atoms with E-state index in [0.717, 1.165) is 13.1 Å². The topological polar surface area (TPSA) is 64.8 Å². The molecule has 0 aliphatic carbocycles. The van der Waals surface area contributed by atoms with Gasteiger partial charge in [-0.25, -0.2) is 8.42 Å². The Morgan fingerprint density at radius 1 is 1.41 bits per heavy atom. The molecule has 0 saturated heterocycles. The van der Waals surface area contributed by atoms with Gasteiger partial charge in [-0.1, -0.05) is 0 Å². The van der Waals surface area contributed by atoms with E-state index in [1.54, 1.807) is 7.05 Å². The highest BCUT2D eigenvalue weighted by Gasteiger charge is 2.22. The maximum absolute atomic E-state index is 11.2. The van der Waals surface area contributed by atoms with Crippen molar-refractivity contribution < 1.29 is 8.42 Å². The van der Waals surface area contributed by atoms with Crippen LogP contribution in [0.3, 0.4) is 0 Å². The van der Waals surface area contributed by atoms with E-state index in [2.05, 4.69) is 42.1 Å². The number of hydrogen-bond acceptors (Lipinski definition) is 5. The summed E-state index contributed by atoms with van der Waals surface area (Å²) in [5, 5.41) is 7.13. The maximum atomic E-state index is 11.2. The Bertz CT molecular complexity index is 660. The number of thiophene rings is 1. The lowest BCUT2D eigenvalue weighted by Gasteiger charge is -1.98. The lowest BCUT2D eigenvalue weighted by Crippen LogP contribution is -2.02. The Hall–Kier alpha value is 0.0400. The minimum atomic E-state index is -3.88. The third-order valence-corrected chi connectivity index (χ3v) is 6.38. The van der Waals surface area contributed by atoms with Crippen molar-refractivity contribution in [3.63, 3.8) is 0 Å². The van der Waals surface area contributed by atoms with Gasteiger partial charge >= 0.3 is 0 Å². The fourth-order valence-electron chi connectivity index (χ4n) is 1.20. The van der Waals surface area contributed by atoms with Gasteiger partial charge < -0.3 is 0 Å². The summed E-state index contributed by atoms with van der Waals surface area (Å²) >= 11 is 8.11. The molecule has 0 bridgehead atoms. The Kier molecular flexibility index (Phi) is 3.66. The Morgan fingerprint density at radius 3 is 2.47 bits per heavy atom. The summed E-state index contributed by atoms with van der Waals surface area (Å²) in [5.41, 5.74) is 0. The minimum Gasteiger partial charge on any atom is -0.299 e. The predicted molar refractivity (Wildman–Crippen MR) is 72.8 cm³/mol. The second kappa shape index (κ2) is 4.61. The molecule has 0 saturated carbocycles. The van der Waals surface area contributed by atoms with Gasteiger partial charge in [-0.2, -0.15) is 0 Å². The molecule has 2 aromatic heterocycles. The SMILES string of the molecule is Cn1c(-c2cc(Br)c(Br)s2)nnc1S(=O)(=O)Cl. The van der Waals surface area contributed by atoms with Crippen LogP contribution >= 0.6 is 53.9 Å². The number of halogens is 3. The first-order valence-electron chi connectivity index (χ1n) is 4.10. The number of aromatic nitrogens is 3. The summed E-state index contributed by atoms with van der Waals surface area (Å²) in [6, 6.07) is 1.82. The van der Waals surface area contributed by atoms with Crippen molar-refractivity contribution in [2.45, 2.75) is 5.16 Å². The minimum absolute atomic E-state index is 0.269. The predicted octanol–water partition coefficient (Wildman–Crippen LogP) is 3.00. The smallest absolute Gasteiger partial charge is 0.296 e. The quantitative estimate of drug-likeness (QED) is 0.700. The van der Waals surface area contributed by atoms with Gasteiger partial charge in [0.15, 0.2) is 5.82 Å². The summed E-state index contributed by atoms with van der Waals surface area (Å²) < 4.78 is 25.5. The molecule has 0 atom stereocenters. The molecule has 0 aliphatic heterocycles. The van der Waals surface area contributed by atoms with Crippen molar-refractivity contribution in [2.75, 3.05) is 0 Å². The lowest BCUT2D eigenvalue weighted by molar-refractivity contribution is 0.593. The van der Waals surface area contributed by atoms with Crippen LogP contribution in [0.1, 0.15) is 0 Å². The average Bonchev–Trinajstić information content (AvgIpc) is 2.70. The van der Waals surface area contributed by atoms with E-state index in [0.29, 0.717) is 5.82 Å². The molecular weight excluding hydrogens is 417 g/mol. The van der Waals surface area contributed by atoms with Crippen molar-refractivity contribution in [1.82, 2.24) is 14.8 Å². The molecular formula is C7H4Br2ClN3O2S2. The van der Waals surface area contributed by atoms with Crippen LogP contribution in [0.25, 0.3) is 10.7 Å². The average molecular weight is 422 g/mol. The van der Waals surface area contributed by atoms with Crippen molar-refractivity contribution in [2.24, 2.45) is 7.05 Å². The zero-order valence-electron chi connectivity index (χ0n) is 8.19. The van der Waals surface area contributed by atoms with Crippen LogP contribution in [0, 0.1) is 0 Å². The molecule has 0 unspecified atom stereocenters. The maximum Gasteiger partial charge on any atom is 0.296 e. The van der Waals surface area contributed by atoms with E-state index in [1.165, 1.54) is 15.9 Å². The van der Waals surface area contributed by atoms with E-state index in [1.807, 2.05) is 6.07 Å². The molecule has 0 radical (unpaired) electrons. The molecule has 2 aromatic rings. The first-order valence-corrected chi connectivity index (χ1v) is 8.81. The first-order chi connectivity index (χ1) is 7.80. The molecule has 2 rings (SSSR count). The van der Waals surface area contributed by atoms with Gasteiger partial charge in [-0.05, 0) is 37.9 Å². The van der Waals surface area contributed by atoms with E-state index < -0.39 is 9.05 Å². The van der Waals surface area contributed by atoms with Crippen molar-refractivity contribution in [3.05, 3.63) is 14.3 Å². The Balaban J connectivity index is 2.59. The second-order valence-corrected chi connectivity index (χ2v) is 8.72. The number of nitrogens with zero attached hydrogens (tertiary/aromatic N) is 3. The summed E-state index contributed by atoms with van der Waals surface area (Å²) in [4.78, 5) is 0.783. The van der Waals surface area contributed by atoms with Crippen molar-refractivity contribution >= 4 is 62.9 Å². The van der Waals surface area contributed by atoms with E-state index >= 15 is 0 Å². The summed E-state index contributed by atoms with van der Waals surface area (Å²) in [6.07, 6.45) is 0. The van der Waals surface area contributed by atoms with Crippen LogP contribution < -0.4 is 0 Å². The van der Waals surface area contributed by atoms with Crippen LogP contribution in [-0.4, -0.2) is 23.2 Å². The highest BCUT2D eigenvalue weighted by molar-refractivity contribution is 9.13. The van der Waals surface area contributed by atoms with Crippen molar-refractivity contribution in [3.8, 4) is 10.7 Å². The van der Waals surface area contributed by atoms with Gasteiger partial charge in [0.05, 0.1) is 8.66 Å². The molecule has 92 valence electrons. The van der Waals surface area contributed by atoms with Crippen LogP contribution in [0.15, 0.2) is 19.5 Å². The van der Waals surface area contributed by atoms with E-state index in [4.69, 9.17) is 10.7 Å². The number of rotatable bonds is 2. The van der Waals surface area contributed by atoms with E-state index in [9.17, 15) is 8.42 Å². The molecule has 0 fully saturated rings. The van der Waals surface area contributed by atoms with Crippen LogP contribution in [0.2, 0.25) is 0 Å². The van der Waals surface area contributed by atoms with Crippen LogP contribution in [0.4, 0.5) is 0 Å². The zero-order valence-corrected chi connectivity index (χ0v) is 13.7. The van der Waals surface area contributed by atoms with E-state index in [-0.39, 0.29) is 5.16 Å². The largest absolute Gasteiger partial charge is 0.299 e. The highest BCUT2D eigenvalue weighted by Crippen LogP contribution is 2.37. The third kappa shape index (κ3) is 2.58. The number of hydrogen-bond donors (Lipinski definition) is 0. The molecule has 0 aromatic carbocycles. The standard InChI is InChI=1S/C7H4Br2ClN3O2S2/c1-13-6(4-2-3(8)5(9)16-4)11-12-7(13)17(10,14)15/h2H,1H3. The van der Waals surface area contributed by atoms with Gasteiger partial charge in [-0.15, -0.1) is 21.5 Å². The van der Waals surface area contributed by atoms with Crippen LogP contribution in [-0.2, 0) is 16.1 Å². The lowest BCUT2D eigenvalue weighted by atomic mass is 10.4. The van der Waals surface area contributed by atoms with Gasteiger partial charge in [0.25, 0.3) is 14.2 Å². The highest BCUT2D eigenvalue weighted by atomic mass is 79.9. The molecule has 0 amide bonds. The molecule has 0 N–H and O–H groups in total. The van der Waals surface area contributed by atoms with Gasteiger partial charge in [0.2, 0.25) is 0 Å². The third-order valence-electron chi connectivity index (χ3n) is 1.92. The Morgan fingerprint density at radius 2 is 2.06 bits per heavy atom. The normalized spacial score (nSPS) is 12.0. The molecule has 0 spiro atoms. The Labute approximate surface area is 122 Å². The molecule has 2 heterocycles. The summed E-state index contributed by atoms with van der Waals surface area (Å²) in [5.74, 6) is 0.445. The molecule has 17 heavy (non-hydrogen) atoms. The van der Waals surface area contributed by atoms with Crippen LogP contribution in [0.5, 0.6) is 0 Å².